The van der Waals surface area contributed by atoms with Gasteiger partial charge in [0.2, 0.25) is 5.91 Å². The molecular formula is C18H16N2O4S. The molecule has 1 saturated heterocycles. The van der Waals surface area contributed by atoms with Crippen LogP contribution in [0.4, 0.5) is 10.5 Å². The maximum atomic E-state index is 11.9. The summed E-state index contributed by atoms with van der Waals surface area (Å²) in [5.41, 5.74) is 1.45. The highest BCUT2D eigenvalue weighted by atomic mass is 32.2. The lowest BCUT2D eigenvalue weighted by atomic mass is 10.2. The standard InChI is InChI=1S/C18H16N2O4S/c21-16(11-24-15-4-2-1-3-5-15)19-14-8-6-13(7-9-14)10-20-17(22)12-25-18(20)23/h1-9H,10-12H2,(H,19,21). The van der Waals surface area contributed by atoms with E-state index in [2.05, 4.69) is 5.32 Å². The summed E-state index contributed by atoms with van der Waals surface area (Å²) in [4.78, 5) is 36.3. The number of carbonyl (C=O) groups excluding carboxylic acids is 3. The van der Waals surface area contributed by atoms with Crippen LogP contribution in [0.25, 0.3) is 0 Å². The van der Waals surface area contributed by atoms with Crippen molar-refractivity contribution in [1.82, 2.24) is 4.90 Å². The summed E-state index contributed by atoms with van der Waals surface area (Å²) in [7, 11) is 0. The fourth-order valence-corrected chi connectivity index (χ4v) is 3.00. The lowest BCUT2D eigenvalue weighted by Crippen LogP contribution is -2.27. The smallest absolute Gasteiger partial charge is 0.289 e. The zero-order valence-corrected chi connectivity index (χ0v) is 14.1. The van der Waals surface area contributed by atoms with Crippen molar-refractivity contribution in [1.29, 1.82) is 0 Å². The topological polar surface area (TPSA) is 75.7 Å². The quantitative estimate of drug-likeness (QED) is 0.861. The van der Waals surface area contributed by atoms with E-state index in [0.29, 0.717) is 11.4 Å². The Morgan fingerprint density at radius 3 is 2.44 bits per heavy atom. The number of anilines is 1. The van der Waals surface area contributed by atoms with Crippen molar-refractivity contribution < 1.29 is 19.1 Å². The van der Waals surface area contributed by atoms with E-state index >= 15 is 0 Å². The van der Waals surface area contributed by atoms with Crippen molar-refractivity contribution >= 4 is 34.5 Å². The van der Waals surface area contributed by atoms with Crippen LogP contribution in [0.2, 0.25) is 0 Å². The van der Waals surface area contributed by atoms with Crippen molar-refractivity contribution in [3.05, 3.63) is 60.2 Å². The Bertz CT molecular complexity index is 761. The highest BCUT2D eigenvalue weighted by Gasteiger charge is 2.29. The van der Waals surface area contributed by atoms with Gasteiger partial charge in [0.1, 0.15) is 5.75 Å². The molecule has 2 aromatic rings. The molecule has 1 heterocycles. The third-order valence-electron chi connectivity index (χ3n) is 3.53. The van der Waals surface area contributed by atoms with Crippen LogP contribution in [0, 0.1) is 0 Å². The number of hydrogen-bond donors (Lipinski definition) is 1. The Morgan fingerprint density at radius 2 is 1.80 bits per heavy atom. The molecule has 6 nitrogen and oxygen atoms in total. The van der Waals surface area contributed by atoms with Gasteiger partial charge in [0, 0.05) is 5.69 Å². The van der Waals surface area contributed by atoms with Gasteiger partial charge >= 0.3 is 0 Å². The van der Waals surface area contributed by atoms with E-state index in [0.717, 1.165) is 17.3 Å². The average Bonchev–Trinajstić information content (AvgIpc) is 2.94. The van der Waals surface area contributed by atoms with Gasteiger partial charge in [-0.3, -0.25) is 19.3 Å². The van der Waals surface area contributed by atoms with Crippen molar-refractivity contribution in [3.8, 4) is 5.75 Å². The summed E-state index contributed by atoms with van der Waals surface area (Å²) >= 11 is 1.01. The van der Waals surface area contributed by atoms with Crippen LogP contribution in [0.1, 0.15) is 5.56 Å². The van der Waals surface area contributed by atoms with Gasteiger partial charge in [0.25, 0.3) is 11.1 Å². The minimum absolute atomic E-state index is 0.0836. The van der Waals surface area contributed by atoms with Gasteiger partial charge in [-0.2, -0.15) is 0 Å². The van der Waals surface area contributed by atoms with E-state index in [1.165, 1.54) is 4.90 Å². The lowest BCUT2D eigenvalue weighted by molar-refractivity contribution is -0.125. The van der Waals surface area contributed by atoms with E-state index in [9.17, 15) is 14.4 Å². The molecule has 7 heteroatoms. The van der Waals surface area contributed by atoms with E-state index in [1.54, 1.807) is 36.4 Å². The Labute approximate surface area is 149 Å². The second-order valence-corrected chi connectivity index (χ2v) is 6.31. The number of carbonyl (C=O) groups is 3. The normalized spacial score (nSPS) is 13.8. The number of imide groups is 1. The third-order valence-corrected chi connectivity index (χ3v) is 4.39. The number of nitrogens with zero attached hydrogens (tertiary/aromatic N) is 1. The Hall–Kier alpha value is -2.80. The van der Waals surface area contributed by atoms with Crippen LogP contribution in [0.3, 0.4) is 0 Å². The van der Waals surface area contributed by atoms with Gasteiger partial charge in [-0.25, -0.2) is 0 Å². The van der Waals surface area contributed by atoms with E-state index < -0.39 is 0 Å². The van der Waals surface area contributed by atoms with Crippen molar-refractivity contribution in [2.75, 3.05) is 17.7 Å². The first-order valence-electron chi connectivity index (χ1n) is 7.65. The van der Waals surface area contributed by atoms with Crippen LogP contribution < -0.4 is 10.1 Å². The molecule has 0 aliphatic carbocycles. The van der Waals surface area contributed by atoms with Gasteiger partial charge in [-0.15, -0.1) is 0 Å². The third kappa shape index (κ3) is 4.60. The number of nitrogens with one attached hydrogen (secondary N) is 1. The predicted octanol–water partition coefficient (Wildman–Crippen LogP) is 2.90. The number of hydrogen-bond acceptors (Lipinski definition) is 5. The fraction of sp³-hybridized carbons (Fsp3) is 0.167. The highest BCUT2D eigenvalue weighted by molar-refractivity contribution is 8.14. The van der Waals surface area contributed by atoms with E-state index in [4.69, 9.17) is 4.74 Å². The van der Waals surface area contributed by atoms with E-state index in [1.807, 2.05) is 18.2 Å². The van der Waals surface area contributed by atoms with Crippen LogP contribution >= 0.6 is 11.8 Å². The van der Waals surface area contributed by atoms with Gasteiger partial charge < -0.3 is 10.1 Å². The monoisotopic (exact) mass is 356 g/mol. The number of para-hydroxylation sites is 1. The first-order valence-corrected chi connectivity index (χ1v) is 8.64. The summed E-state index contributed by atoms with van der Waals surface area (Å²) < 4.78 is 5.38. The summed E-state index contributed by atoms with van der Waals surface area (Å²) in [6, 6.07) is 16.1. The first-order chi connectivity index (χ1) is 12.1. The van der Waals surface area contributed by atoms with Crippen molar-refractivity contribution in [3.63, 3.8) is 0 Å². The van der Waals surface area contributed by atoms with E-state index in [-0.39, 0.29) is 36.0 Å². The van der Waals surface area contributed by atoms with Crippen LogP contribution in [0.15, 0.2) is 54.6 Å². The molecule has 1 fully saturated rings. The van der Waals surface area contributed by atoms with Crippen LogP contribution in [-0.2, 0) is 16.1 Å². The molecule has 0 atom stereocenters. The Kier molecular flexibility index (Phi) is 5.35. The second-order valence-electron chi connectivity index (χ2n) is 5.38. The van der Waals surface area contributed by atoms with Gasteiger partial charge in [-0.1, -0.05) is 42.1 Å². The number of benzene rings is 2. The molecular weight excluding hydrogens is 340 g/mol. The van der Waals surface area contributed by atoms with Crippen molar-refractivity contribution in [2.45, 2.75) is 6.54 Å². The molecule has 1 aliphatic heterocycles. The van der Waals surface area contributed by atoms with Crippen LogP contribution in [0.5, 0.6) is 5.75 Å². The molecule has 0 unspecified atom stereocenters. The van der Waals surface area contributed by atoms with Gasteiger partial charge in [-0.05, 0) is 29.8 Å². The summed E-state index contributed by atoms with van der Waals surface area (Å²) in [6.45, 7) is 0.162. The molecule has 128 valence electrons. The van der Waals surface area contributed by atoms with Crippen LogP contribution in [-0.4, -0.2) is 34.3 Å². The summed E-state index contributed by atoms with van der Waals surface area (Å²) in [6.07, 6.45) is 0. The molecule has 1 aliphatic rings. The number of thioether (sulfide) groups is 1. The molecule has 0 spiro atoms. The maximum Gasteiger partial charge on any atom is 0.289 e. The van der Waals surface area contributed by atoms with Gasteiger partial charge in [0.15, 0.2) is 6.61 Å². The molecule has 2 aromatic carbocycles. The Balaban J connectivity index is 1.51. The highest BCUT2D eigenvalue weighted by Crippen LogP contribution is 2.21. The molecule has 25 heavy (non-hydrogen) atoms. The lowest BCUT2D eigenvalue weighted by Gasteiger charge is -2.13. The molecule has 0 radical (unpaired) electrons. The number of ether oxygens (including phenoxy) is 1. The largest absolute Gasteiger partial charge is 0.484 e. The summed E-state index contributed by atoms with van der Waals surface area (Å²) in [5.74, 6) is 0.392. The number of amides is 3. The molecule has 1 N–H and O–H groups in total. The zero-order valence-electron chi connectivity index (χ0n) is 13.3. The van der Waals surface area contributed by atoms with Gasteiger partial charge in [0.05, 0.1) is 12.3 Å². The molecule has 3 rings (SSSR count). The predicted molar refractivity (Wildman–Crippen MR) is 95.4 cm³/mol. The SMILES string of the molecule is O=C(COc1ccccc1)Nc1ccc(CN2C(=O)CSC2=O)cc1. The maximum absolute atomic E-state index is 11.9. The molecule has 3 amide bonds. The fourth-order valence-electron chi connectivity index (χ4n) is 2.27. The second kappa shape index (κ2) is 7.85. The average molecular weight is 356 g/mol. The summed E-state index contributed by atoms with van der Waals surface area (Å²) in [5, 5.41) is 2.51. The minimum Gasteiger partial charge on any atom is -0.484 e. The minimum atomic E-state index is -0.266. The first kappa shape index (κ1) is 17.0. The number of rotatable bonds is 6. The molecule has 0 aromatic heterocycles. The zero-order chi connectivity index (χ0) is 17.6. The molecule has 0 bridgehead atoms. The Morgan fingerprint density at radius 1 is 1.08 bits per heavy atom. The van der Waals surface area contributed by atoms with Crippen molar-refractivity contribution in [2.24, 2.45) is 0 Å². The molecule has 0 saturated carbocycles.